The summed E-state index contributed by atoms with van der Waals surface area (Å²) in [4.78, 5) is 0. The van der Waals surface area contributed by atoms with Gasteiger partial charge in [0.25, 0.3) is 0 Å². The Hall–Kier alpha value is -0.420. The largest absolute Gasteiger partial charge is 0.393 e. The van der Waals surface area contributed by atoms with Gasteiger partial charge in [0, 0.05) is 12.3 Å². The van der Waals surface area contributed by atoms with Gasteiger partial charge in [-0.1, -0.05) is 62.0 Å². The van der Waals surface area contributed by atoms with E-state index in [2.05, 4.69) is 48.1 Å². The second-order valence-electron chi connectivity index (χ2n) is 12.0. The molecule has 32 heavy (non-hydrogen) atoms. The summed E-state index contributed by atoms with van der Waals surface area (Å²) in [6.45, 7) is 23.6. The van der Waals surface area contributed by atoms with Crippen molar-refractivity contribution >= 4 is 0 Å². The predicted octanol–water partition coefficient (Wildman–Crippen LogP) is 6.35. The molecule has 1 spiro atoms. The lowest BCUT2D eigenvalue weighted by Gasteiger charge is -2.55. The summed E-state index contributed by atoms with van der Waals surface area (Å²) < 4.78 is 12.5. The summed E-state index contributed by atoms with van der Waals surface area (Å²) in [6.07, 6.45) is 6.65. The summed E-state index contributed by atoms with van der Waals surface area (Å²) in [6, 6.07) is 0. The van der Waals surface area contributed by atoms with Crippen molar-refractivity contribution < 1.29 is 19.7 Å². The van der Waals surface area contributed by atoms with E-state index in [4.69, 9.17) is 9.47 Å². The van der Waals surface area contributed by atoms with Gasteiger partial charge in [0.05, 0.1) is 25.9 Å². The molecule has 3 fully saturated rings. The molecule has 3 rings (SSSR count). The Balaban J connectivity index is 0.00000176. The lowest BCUT2D eigenvalue weighted by molar-refractivity contribution is -0.243. The molecule has 4 heteroatoms. The summed E-state index contributed by atoms with van der Waals surface area (Å²) in [5.41, 5.74) is 0.973. The first-order valence-electron chi connectivity index (χ1n) is 13.1. The fourth-order valence-corrected chi connectivity index (χ4v) is 7.31. The quantitative estimate of drug-likeness (QED) is 0.421. The van der Waals surface area contributed by atoms with Crippen molar-refractivity contribution in [2.45, 2.75) is 112 Å². The van der Waals surface area contributed by atoms with Crippen molar-refractivity contribution in [3.05, 3.63) is 12.2 Å². The molecule has 0 radical (unpaired) electrons. The normalized spacial score (nSPS) is 31.6. The van der Waals surface area contributed by atoms with E-state index >= 15 is 0 Å². The van der Waals surface area contributed by atoms with Crippen LogP contribution in [0.1, 0.15) is 100 Å². The van der Waals surface area contributed by atoms with Gasteiger partial charge in [0.1, 0.15) is 0 Å². The number of aliphatic hydroxyl groups is 2. The van der Waals surface area contributed by atoms with Crippen LogP contribution in [-0.4, -0.2) is 41.9 Å². The molecule has 2 saturated carbocycles. The Morgan fingerprint density at radius 1 is 1.09 bits per heavy atom. The van der Waals surface area contributed by atoms with Gasteiger partial charge in [-0.15, -0.1) is 0 Å². The minimum absolute atomic E-state index is 0.0390. The number of hydrogen-bond acceptors (Lipinski definition) is 4. The Morgan fingerprint density at radius 2 is 1.69 bits per heavy atom. The first kappa shape index (κ1) is 27.8. The number of hydrogen-bond donors (Lipinski definition) is 2. The molecular formula is C28H52O4. The van der Waals surface area contributed by atoms with E-state index in [9.17, 15) is 10.2 Å². The average Bonchev–Trinajstić information content (AvgIpc) is 3.33. The highest BCUT2D eigenvalue weighted by atomic mass is 16.7. The maximum absolute atomic E-state index is 10.7. The Kier molecular flexibility index (Phi) is 9.09. The molecule has 0 bridgehead atoms. The second-order valence-corrected chi connectivity index (χ2v) is 12.0. The third-order valence-electron chi connectivity index (χ3n) is 9.94. The second kappa shape index (κ2) is 10.5. The molecule has 2 N–H and O–H groups in total. The van der Waals surface area contributed by atoms with Crippen molar-refractivity contribution in [2.75, 3.05) is 19.8 Å². The van der Waals surface area contributed by atoms with E-state index in [1.165, 1.54) is 25.7 Å². The maximum atomic E-state index is 10.7. The monoisotopic (exact) mass is 452 g/mol. The average molecular weight is 453 g/mol. The summed E-state index contributed by atoms with van der Waals surface area (Å²) in [5, 5.41) is 19.9. The molecule has 0 amide bonds. The molecule has 1 heterocycles. The van der Waals surface area contributed by atoms with Crippen LogP contribution in [0, 0.1) is 34.0 Å². The van der Waals surface area contributed by atoms with Gasteiger partial charge in [-0.05, 0) is 72.2 Å². The fourth-order valence-electron chi connectivity index (χ4n) is 7.31. The lowest BCUT2D eigenvalue weighted by atomic mass is 9.52. The Morgan fingerprint density at radius 3 is 2.25 bits per heavy atom. The van der Waals surface area contributed by atoms with Gasteiger partial charge in [-0.3, -0.25) is 0 Å². The molecule has 0 aromatic carbocycles. The topological polar surface area (TPSA) is 58.9 Å². The lowest BCUT2D eigenvalue weighted by Crippen LogP contribution is -2.53. The number of fused-ring (bicyclic) bond motifs is 2. The number of ether oxygens (including phenoxy) is 2. The van der Waals surface area contributed by atoms with Crippen molar-refractivity contribution in [3.63, 3.8) is 0 Å². The van der Waals surface area contributed by atoms with Crippen LogP contribution in [0.3, 0.4) is 0 Å². The summed E-state index contributed by atoms with van der Waals surface area (Å²) in [7, 11) is 0. The van der Waals surface area contributed by atoms with Crippen LogP contribution in [0.4, 0.5) is 0 Å². The molecule has 1 aliphatic heterocycles. The van der Waals surface area contributed by atoms with Gasteiger partial charge >= 0.3 is 0 Å². The molecule has 2 aliphatic carbocycles. The highest BCUT2D eigenvalue weighted by molar-refractivity contribution is 5.09. The van der Waals surface area contributed by atoms with Crippen LogP contribution in [0.25, 0.3) is 0 Å². The van der Waals surface area contributed by atoms with E-state index in [1.807, 2.05) is 13.8 Å². The summed E-state index contributed by atoms with van der Waals surface area (Å²) in [5.74, 6) is 1.31. The number of aliphatic hydroxyl groups excluding tert-OH is 2. The van der Waals surface area contributed by atoms with E-state index < -0.39 is 6.10 Å². The van der Waals surface area contributed by atoms with Crippen LogP contribution in [-0.2, 0) is 9.47 Å². The zero-order valence-electron chi connectivity index (χ0n) is 22.3. The molecule has 188 valence electrons. The smallest absolute Gasteiger partial charge is 0.171 e. The van der Waals surface area contributed by atoms with E-state index in [1.54, 1.807) is 0 Å². The van der Waals surface area contributed by atoms with Crippen LogP contribution in [0.2, 0.25) is 0 Å². The molecule has 1 saturated heterocycles. The van der Waals surface area contributed by atoms with Crippen LogP contribution < -0.4 is 0 Å². The van der Waals surface area contributed by atoms with Crippen molar-refractivity contribution in [1.29, 1.82) is 0 Å². The van der Waals surface area contributed by atoms with Gasteiger partial charge in [-0.2, -0.15) is 0 Å². The first-order chi connectivity index (χ1) is 14.9. The van der Waals surface area contributed by atoms with Gasteiger partial charge < -0.3 is 19.7 Å². The van der Waals surface area contributed by atoms with Crippen LogP contribution >= 0.6 is 0 Å². The minimum atomic E-state index is -0.462. The number of rotatable bonds is 8. The first-order valence-corrected chi connectivity index (χ1v) is 13.1. The molecule has 3 aliphatic rings. The fraction of sp³-hybridized carbons (Fsp3) is 0.929. The van der Waals surface area contributed by atoms with E-state index in [0.29, 0.717) is 36.2 Å². The third kappa shape index (κ3) is 4.99. The molecule has 4 nitrogen and oxygen atoms in total. The minimum Gasteiger partial charge on any atom is -0.393 e. The van der Waals surface area contributed by atoms with E-state index in [-0.39, 0.29) is 28.6 Å². The highest BCUT2D eigenvalue weighted by Crippen LogP contribution is 2.65. The molecule has 0 aromatic rings. The zero-order valence-corrected chi connectivity index (χ0v) is 22.3. The molecular weight excluding hydrogens is 400 g/mol. The molecule has 5 atom stereocenters. The van der Waals surface area contributed by atoms with Gasteiger partial charge in [0.15, 0.2) is 5.79 Å². The predicted molar refractivity (Wildman–Crippen MR) is 132 cm³/mol. The van der Waals surface area contributed by atoms with Crippen molar-refractivity contribution in [3.8, 4) is 0 Å². The highest BCUT2D eigenvalue weighted by Gasteiger charge is 2.62. The molecule has 5 unspecified atom stereocenters. The van der Waals surface area contributed by atoms with Gasteiger partial charge in [-0.25, -0.2) is 0 Å². The summed E-state index contributed by atoms with van der Waals surface area (Å²) >= 11 is 0. The van der Waals surface area contributed by atoms with Crippen LogP contribution in [0.15, 0.2) is 12.2 Å². The maximum Gasteiger partial charge on any atom is 0.171 e. The van der Waals surface area contributed by atoms with Crippen molar-refractivity contribution in [2.24, 2.45) is 34.0 Å². The third-order valence-corrected chi connectivity index (χ3v) is 9.94. The standard InChI is InChI=1S/C26H46O4.C2H6/c1-18(17-27)15-20(28)16-23(3,4)24(5,6)19(2)21-9-10-22-25(21,7)11-8-12-26(22)29-13-14-30-26;1-2/h19-22,27-28H,1,8-17H2,2-7H3;1-2H3. The molecule has 0 aromatic heterocycles. The van der Waals surface area contributed by atoms with Crippen molar-refractivity contribution in [1.82, 2.24) is 0 Å². The van der Waals surface area contributed by atoms with Crippen LogP contribution in [0.5, 0.6) is 0 Å². The van der Waals surface area contributed by atoms with Gasteiger partial charge in [0.2, 0.25) is 0 Å². The SMILES string of the molecule is C=C(CO)CC(O)CC(C)(C)C(C)(C)C(C)C1CCC2C3(CCCC12C)OCCO3.CC. The Labute approximate surface area is 198 Å². The zero-order chi connectivity index (χ0) is 24.4. The Bertz CT molecular complexity index is 619. The van der Waals surface area contributed by atoms with E-state index in [0.717, 1.165) is 19.6 Å².